The Morgan fingerprint density at radius 3 is 2.43 bits per heavy atom. The monoisotopic (exact) mass is 185 g/mol. The van der Waals surface area contributed by atoms with Crippen molar-refractivity contribution >= 4 is 0 Å². The van der Waals surface area contributed by atoms with Crippen molar-refractivity contribution in [3.8, 4) is 11.3 Å². The van der Waals surface area contributed by atoms with Gasteiger partial charge < -0.3 is 4.57 Å². The molecule has 0 N–H and O–H groups in total. The Labute approximate surface area is 85.0 Å². The standard InChI is InChI=1S/C13H15N/c1-3-14-10-9-11(2)13(14)12-7-5-4-6-8-12/h4-10H,3H2,1-2H3. The van der Waals surface area contributed by atoms with Crippen LogP contribution < -0.4 is 0 Å². The predicted molar refractivity (Wildman–Crippen MR) is 60.3 cm³/mol. The summed E-state index contributed by atoms with van der Waals surface area (Å²) in [6.07, 6.45) is 2.15. The summed E-state index contributed by atoms with van der Waals surface area (Å²) in [5.41, 5.74) is 3.99. The minimum absolute atomic E-state index is 1.03. The molecule has 0 bridgehead atoms. The summed E-state index contributed by atoms with van der Waals surface area (Å²) in [5, 5.41) is 0. The van der Waals surface area contributed by atoms with Gasteiger partial charge in [0.1, 0.15) is 0 Å². The van der Waals surface area contributed by atoms with Gasteiger partial charge in [-0.15, -0.1) is 0 Å². The number of rotatable bonds is 2. The summed E-state index contributed by atoms with van der Waals surface area (Å²) >= 11 is 0. The highest BCUT2D eigenvalue weighted by molar-refractivity contribution is 5.63. The van der Waals surface area contributed by atoms with Crippen molar-refractivity contribution in [1.82, 2.24) is 4.57 Å². The minimum atomic E-state index is 1.03. The van der Waals surface area contributed by atoms with E-state index >= 15 is 0 Å². The molecule has 2 aromatic rings. The first-order valence-corrected chi connectivity index (χ1v) is 5.04. The van der Waals surface area contributed by atoms with E-state index < -0.39 is 0 Å². The topological polar surface area (TPSA) is 4.93 Å². The third-order valence-corrected chi connectivity index (χ3v) is 2.55. The molecular formula is C13H15N. The molecule has 72 valence electrons. The van der Waals surface area contributed by atoms with Gasteiger partial charge in [-0.3, -0.25) is 0 Å². The van der Waals surface area contributed by atoms with Gasteiger partial charge in [-0.25, -0.2) is 0 Å². The van der Waals surface area contributed by atoms with Crippen LogP contribution >= 0.6 is 0 Å². The van der Waals surface area contributed by atoms with Gasteiger partial charge in [0.25, 0.3) is 0 Å². The Hall–Kier alpha value is -1.50. The third-order valence-electron chi connectivity index (χ3n) is 2.55. The maximum Gasteiger partial charge on any atom is 0.0509 e. The Balaban J connectivity index is 2.55. The average Bonchev–Trinajstić information content (AvgIpc) is 2.61. The molecule has 0 aliphatic heterocycles. The summed E-state index contributed by atoms with van der Waals surface area (Å²) in [4.78, 5) is 0. The maximum atomic E-state index is 2.28. The van der Waals surface area contributed by atoms with E-state index in [1.54, 1.807) is 0 Å². The number of aromatic nitrogens is 1. The van der Waals surface area contributed by atoms with Crippen LogP contribution in [0.5, 0.6) is 0 Å². The average molecular weight is 185 g/mol. The number of nitrogens with zero attached hydrogens (tertiary/aromatic N) is 1. The molecule has 1 aromatic carbocycles. The van der Waals surface area contributed by atoms with Crippen LogP contribution in [0, 0.1) is 6.92 Å². The molecule has 14 heavy (non-hydrogen) atoms. The van der Waals surface area contributed by atoms with Crippen molar-refractivity contribution < 1.29 is 0 Å². The van der Waals surface area contributed by atoms with E-state index in [9.17, 15) is 0 Å². The minimum Gasteiger partial charge on any atom is -0.348 e. The normalized spacial score (nSPS) is 10.4. The first-order valence-electron chi connectivity index (χ1n) is 5.04. The van der Waals surface area contributed by atoms with Gasteiger partial charge in [0.15, 0.2) is 0 Å². The van der Waals surface area contributed by atoms with Crippen LogP contribution in [0.25, 0.3) is 11.3 Å². The Morgan fingerprint density at radius 1 is 1.07 bits per heavy atom. The summed E-state index contributed by atoms with van der Waals surface area (Å²) in [6.45, 7) is 5.36. The summed E-state index contributed by atoms with van der Waals surface area (Å²) in [5.74, 6) is 0. The van der Waals surface area contributed by atoms with Crippen molar-refractivity contribution in [3.05, 3.63) is 48.2 Å². The van der Waals surface area contributed by atoms with E-state index in [2.05, 4.69) is 61.0 Å². The van der Waals surface area contributed by atoms with Gasteiger partial charge >= 0.3 is 0 Å². The molecule has 1 aromatic heterocycles. The zero-order valence-electron chi connectivity index (χ0n) is 8.70. The van der Waals surface area contributed by atoms with E-state index in [0.29, 0.717) is 0 Å². The van der Waals surface area contributed by atoms with Crippen molar-refractivity contribution in [3.63, 3.8) is 0 Å². The lowest BCUT2D eigenvalue weighted by atomic mass is 10.1. The molecule has 0 amide bonds. The third kappa shape index (κ3) is 1.46. The zero-order chi connectivity index (χ0) is 9.97. The van der Waals surface area contributed by atoms with Gasteiger partial charge in [0.2, 0.25) is 0 Å². The van der Waals surface area contributed by atoms with Crippen LogP contribution in [-0.2, 0) is 6.54 Å². The van der Waals surface area contributed by atoms with Gasteiger partial charge in [-0.05, 0) is 31.0 Å². The molecule has 1 heteroatoms. The summed E-state index contributed by atoms with van der Waals surface area (Å²) in [7, 11) is 0. The molecule has 0 saturated heterocycles. The molecule has 2 rings (SSSR count). The van der Waals surface area contributed by atoms with Crippen LogP contribution in [0.3, 0.4) is 0 Å². The largest absolute Gasteiger partial charge is 0.348 e. The number of benzene rings is 1. The second-order valence-corrected chi connectivity index (χ2v) is 3.50. The van der Waals surface area contributed by atoms with Gasteiger partial charge in [-0.2, -0.15) is 0 Å². The molecule has 0 atom stereocenters. The molecule has 1 heterocycles. The van der Waals surface area contributed by atoms with Gasteiger partial charge in [-0.1, -0.05) is 30.3 Å². The molecule has 0 unspecified atom stereocenters. The van der Waals surface area contributed by atoms with E-state index in [-0.39, 0.29) is 0 Å². The fourth-order valence-corrected chi connectivity index (χ4v) is 1.83. The second kappa shape index (κ2) is 3.70. The highest BCUT2D eigenvalue weighted by Gasteiger charge is 2.05. The molecule has 0 aliphatic rings. The zero-order valence-corrected chi connectivity index (χ0v) is 8.70. The molecule has 0 aliphatic carbocycles. The first-order chi connectivity index (χ1) is 6.83. The quantitative estimate of drug-likeness (QED) is 0.675. The first kappa shape index (κ1) is 9.07. The van der Waals surface area contributed by atoms with Crippen LogP contribution in [0.15, 0.2) is 42.6 Å². The van der Waals surface area contributed by atoms with E-state index in [1.165, 1.54) is 16.8 Å². The second-order valence-electron chi connectivity index (χ2n) is 3.50. The van der Waals surface area contributed by atoms with E-state index in [1.807, 2.05) is 0 Å². The lowest BCUT2D eigenvalue weighted by molar-refractivity contribution is 0.776. The fourth-order valence-electron chi connectivity index (χ4n) is 1.83. The van der Waals surface area contributed by atoms with Crippen LogP contribution in [0.2, 0.25) is 0 Å². The lowest BCUT2D eigenvalue weighted by Gasteiger charge is -2.07. The lowest BCUT2D eigenvalue weighted by Crippen LogP contribution is -1.95. The molecule has 0 saturated carbocycles. The molecular weight excluding hydrogens is 170 g/mol. The number of aryl methyl sites for hydroxylation is 2. The molecule has 1 nitrogen and oxygen atoms in total. The van der Waals surface area contributed by atoms with Crippen molar-refractivity contribution in [2.24, 2.45) is 0 Å². The van der Waals surface area contributed by atoms with Crippen LogP contribution in [0.1, 0.15) is 12.5 Å². The Kier molecular flexibility index (Phi) is 2.40. The Morgan fingerprint density at radius 2 is 1.79 bits per heavy atom. The molecule has 0 spiro atoms. The highest BCUT2D eigenvalue weighted by Crippen LogP contribution is 2.23. The van der Waals surface area contributed by atoms with Gasteiger partial charge in [0, 0.05) is 12.7 Å². The van der Waals surface area contributed by atoms with Crippen LogP contribution in [0.4, 0.5) is 0 Å². The summed E-state index contributed by atoms with van der Waals surface area (Å²) in [6, 6.07) is 12.7. The molecule has 0 radical (unpaired) electrons. The van der Waals surface area contributed by atoms with E-state index in [0.717, 1.165) is 6.54 Å². The van der Waals surface area contributed by atoms with Crippen molar-refractivity contribution in [1.29, 1.82) is 0 Å². The van der Waals surface area contributed by atoms with Gasteiger partial charge in [0.05, 0.1) is 5.69 Å². The SMILES string of the molecule is CCn1ccc(C)c1-c1ccccc1. The predicted octanol–water partition coefficient (Wildman–Crippen LogP) is 3.48. The smallest absolute Gasteiger partial charge is 0.0509 e. The number of hydrogen-bond donors (Lipinski definition) is 0. The van der Waals surface area contributed by atoms with Crippen LogP contribution in [-0.4, -0.2) is 4.57 Å². The highest BCUT2D eigenvalue weighted by atomic mass is 15.0. The Bertz CT molecular complexity index is 412. The number of hydrogen-bond acceptors (Lipinski definition) is 0. The molecule has 0 fully saturated rings. The van der Waals surface area contributed by atoms with Crippen molar-refractivity contribution in [2.45, 2.75) is 20.4 Å². The maximum absolute atomic E-state index is 2.28. The fraction of sp³-hybridized carbons (Fsp3) is 0.231. The summed E-state index contributed by atoms with van der Waals surface area (Å²) < 4.78 is 2.28. The van der Waals surface area contributed by atoms with E-state index in [4.69, 9.17) is 0 Å². The van der Waals surface area contributed by atoms with Crippen molar-refractivity contribution in [2.75, 3.05) is 0 Å².